The summed E-state index contributed by atoms with van der Waals surface area (Å²) in [7, 11) is 1.48. The minimum atomic E-state index is -4.59. The van der Waals surface area contributed by atoms with Gasteiger partial charge in [0.1, 0.15) is 5.54 Å². The van der Waals surface area contributed by atoms with Crippen molar-refractivity contribution < 1.29 is 22.8 Å². The third-order valence-corrected chi connectivity index (χ3v) is 4.12. The molecule has 0 heterocycles. The lowest BCUT2D eigenvalue weighted by Crippen LogP contribution is -2.51. The SMILES string of the molecule is CC(C)[C@](C)(C#N)NC(=O)CN(C)CC(=O)Nc1ccccc1C(F)(F)F. The van der Waals surface area contributed by atoms with Crippen molar-refractivity contribution >= 4 is 17.5 Å². The number of amides is 2. The highest BCUT2D eigenvalue weighted by Gasteiger charge is 2.34. The first-order valence-electron chi connectivity index (χ1n) is 8.26. The first-order valence-corrected chi connectivity index (χ1v) is 8.26. The molecule has 27 heavy (non-hydrogen) atoms. The van der Waals surface area contributed by atoms with Crippen molar-refractivity contribution in [1.82, 2.24) is 10.2 Å². The van der Waals surface area contributed by atoms with Crippen LogP contribution in [0.2, 0.25) is 0 Å². The molecule has 0 radical (unpaired) electrons. The number of para-hydroxylation sites is 1. The zero-order chi connectivity index (χ0) is 20.8. The first kappa shape index (κ1) is 22.4. The molecule has 0 aromatic heterocycles. The second-order valence-corrected chi connectivity index (χ2v) is 6.78. The van der Waals surface area contributed by atoms with Crippen LogP contribution in [0.5, 0.6) is 0 Å². The maximum absolute atomic E-state index is 12.9. The minimum Gasteiger partial charge on any atom is -0.337 e. The molecule has 0 spiro atoms. The van der Waals surface area contributed by atoms with Crippen molar-refractivity contribution in [2.45, 2.75) is 32.5 Å². The van der Waals surface area contributed by atoms with Crippen LogP contribution < -0.4 is 10.6 Å². The molecule has 0 unspecified atom stereocenters. The summed E-state index contributed by atoms with van der Waals surface area (Å²) in [4.78, 5) is 25.4. The number of hydrogen-bond acceptors (Lipinski definition) is 4. The van der Waals surface area contributed by atoms with Gasteiger partial charge in [0.25, 0.3) is 0 Å². The number of alkyl halides is 3. The lowest BCUT2D eigenvalue weighted by Gasteiger charge is -2.28. The highest BCUT2D eigenvalue weighted by Crippen LogP contribution is 2.34. The maximum Gasteiger partial charge on any atom is 0.418 e. The van der Waals surface area contributed by atoms with E-state index in [0.29, 0.717) is 0 Å². The summed E-state index contributed by atoms with van der Waals surface area (Å²) >= 11 is 0. The van der Waals surface area contributed by atoms with E-state index in [-0.39, 0.29) is 24.7 Å². The third-order valence-electron chi connectivity index (χ3n) is 4.12. The molecule has 0 saturated heterocycles. The van der Waals surface area contributed by atoms with Gasteiger partial charge in [0, 0.05) is 0 Å². The number of nitrogens with zero attached hydrogens (tertiary/aromatic N) is 2. The Balaban J connectivity index is 2.66. The molecule has 1 aromatic rings. The fraction of sp³-hybridized carbons (Fsp3) is 0.500. The van der Waals surface area contributed by atoms with Crippen molar-refractivity contribution in [3.05, 3.63) is 29.8 Å². The summed E-state index contributed by atoms with van der Waals surface area (Å²) in [5, 5.41) is 14.0. The Bertz CT molecular complexity index is 728. The van der Waals surface area contributed by atoms with E-state index in [1.54, 1.807) is 20.8 Å². The average molecular weight is 384 g/mol. The number of carbonyl (C=O) groups is 2. The lowest BCUT2D eigenvalue weighted by molar-refractivity contribution is -0.137. The number of nitriles is 1. The van der Waals surface area contributed by atoms with Crippen molar-refractivity contribution in [2.75, 3.05) is 25.5 Å². The lowest BCUT2D eigenvalue weighted by atomic mass is 9.90. The molecule has 6 nitrogen and oxygen atoms in total. The van der Waals surface area contributed by atoms with Crippen molar-refractivity contribution in [3.63, 3.8) is 0 Å². The van der Waals surface area contributed by atoms with E-state index in [4.69, 9.17) is 0 Å². The quantitative estimate of drug-likeness (QED) is 0.757. The monoisotopic (exact) mass is 384 g/mol. The molecule has 9 heteroatoms. The second kappa shape index (κ2) is 8.86. The molecule has 0 aliphatic rings. The number of benzene rings is 1. The number of rotatable bonds is 7. The van der Waals surface area contributed by atoms with E-state index in [1.165, 1.54) is 24.1 Å². The van der Waals surface area contributed by atoms with Gasteiger partial charge in [-0.05, 0) is 32.0 Å². The fourth-order valence-corrected chi connectivity index (χ4v) is 2.21. The summed E-state index contributed by atoms with van der Waals surface area (Å²) < 4.78 is 38.8. The van der Waals surface area contributed by atoms with Gasteiger partial charge in [-0.1, -0.05) is 26.0 Å². The van der Waals surface area contributed by atoms with E-state index < -0.39 is 29.1 Å². The Morgan fingerprint density at radius 1 is 1.19 bits per heavy atom. The Morgan fingerprint density at radius 3 is 2.26 bits per heavy atom. The number of likely N-dealkylation sites (N-methyl/N-ethyl adjacent to an activating group) is 1. The number of carbonyl (C=O) groups excluding carboxylic acids is 2. The van der Waals surface area contributed by atoms with Crippen molar-refractivity contribution in [2.24, 2.45) is 5.92 Å². The van der Waals surface area contributed by atoms with E-state index >= 15 is 0 Å². The normalized spacial score (nSPS) is 13.8. The van der Waals surface area contributed by atoms with Crippen LogP contribution in [0.4, 0.5) is 18.9 Å². The predicted molar refractivity (Wildman–Crippen MR) is 94.6 cm³/mol. The Morgan fingerprint density at radius 2 is 1.74 bits per heavy atom. The van der Waals surface area contributed by atoms with Gasteiger partial charge in [-0.3, -0.25) is 14.5 Å². The van der Waals surface area contributed by atoms with Gasteiger partial charge >= 0.3 is 6.18 Å². The van der Waals surface area contributed by atoms with E-state index in [0.717, 1.165) is 12.1 Å². The Kier molecular flexibility index (Phi) is 7.37. The average Bonchev–Trinajstić information content (AvgIpc) is 2.53. The topological polar surface area (TPSA) is 85.2 Å². The van der Waals surface area contributed by atoms with Gasteiger partial charge in [0.2, 0.25) is 11.8 Å². The van der Waals surface area contributed by atoms with Gasteiger partial charge in [0.15, 0.2) is 0 Å². The smallest absolute Gasteiger partial charge is 0.337 e. The molecule has 1 rings (SSSR count). The molecule has 2 N–H and O–H groups in total. The van der Waals surface area contributed by atoms with Crippen LogP contribution in [0.3, 0.4) is 0 Å². The number of anilines is 1. The summed E-state index contributed by atoms with van der Waals surface area (Å²) in [5.74, 6) is -1.27. The highest BCUT2D eigenvalue weighted by atomic mass is 19.4. The molecule has 0 saturated carbocycles. The minimum absolute atomic E-state index is 0.126. The molecule has 0 bridgehead atoms. The van der Waals surface area contributed by atoms with Gasteiger partial charge in [-0.15, -0.1) is 0 Å². The van der Waals surface area contributed by atoms with Crippen molar-refractivity contribution in [1.29, 1.82) is 5.26 Å². The summed E-state index contributed by atoms with van der Waals surface area (Å²) in [5.41, 5.74) is -2.34. The summed E-state index contributed by atoms with van der Waals surface area (Å²) in [6.45, 7) is 4.71. The zero-order valence-corrected chi connectivity index (χ0v) is 15.6. The number of hydrogen-bond donors (Lipinski definition) is 2. The molecule has 0 aliphatic carbocycles. The Hall–Kier alpha value is -2.60. The number of nitrogens with one attached hydrogen (secondary N) is 2. The first-order chi connectivity index (χ1) is 12.4. The molecule has 1 aromatic carbocycles. The van der Waals surface area contributed by atoms with Gasteiger partial charge in [-0.2, -0.15) is 18.4 Å². The highest BCUT2D eigenvalue weighted by molar-refractivity contribution is 5.93. The van der Waals surface area contributed by atoms with E-state index in [1.807, 2.05) is 6.07 Å². The van der Waals surface area contributed by atoms with E-state index in [9.17, 15) is 28.0 Å². The standard InChI is InChI=1S/C18H23F3N4O2/c1-12(2)17(3,11-22)24-16(27)10-25(4)9-15(26)23-14-8-6-5-7-13(14)18(19,20)21/h5-8,12H,9-10H2,1-4H3,(H,23,26)(H,24,27)/t17-/m0/s1. The predicted octanol–water partition coefficient (Wildman–Crippen LogP) is 2.63. The van der Waals surface area contributed by atoms with E-state index in [2.05, 4.69) is 10.6 Å². The molecular weight excluding hydrogens is 361 g/mol. The van der Waals surface area contributed by atoms with Crippen LogP contribution in [0.25, 0.3) is 0 Å². The van der Waals surface area contributed by atoms with Crippen LogP contribution in [-0.4, -0.2) is 42.4 Å². The van der Waals surface area contributed by atoms with Crippen LogP contribution in [-0.2, 0) is 15.8 Å². The molecule has 2 amide bonds. The Labute approximate surface area is 156 Å². The second-order valence-electron chi connectivity index (χ2n) is 6.78. The van der Waals surface area contributed by atoms with Crippen LogP contribution >= 0.6 is 0 Å². The van der Waals surface area contributed by atoms with Crippen LogP contribution in [0.15, 0.2) is 24.3 Å². The van der Waals surface area contributed by atoms with Gasteiger partial charge < -0.3 is 10.6 Å². The zero-order valence-electron chi connectivity index (χ0n) is 15.6. The number of halogens is 3. The van der Waals surface area contributed by atoms with Crippen LogP contribution in [0.1, 0.15) is 26.3 Å². The molecule has 0 fully saturated rings. The third kappa shape index (κ3) is 6.57. The molecule has 0 aliphatic heterocycles. The molecular formula is C18H23F3N4O2. The van der Waals surface area contributed by atoms with Gasteiger partial charge in [0.05, 0.1) is 30.4 Å². The molecule has 148 valence electrons. The van der Waals surface area contributed by atoms with Gasteiger partial charge in [-0.25, -0.2) is 0 Å². The summed E-state index contributed by atoms with van der Waals surface area (Å²) in [6.07, 6.45) is -4.59. The van der Waals surface area contributed by atoms with Crippen molar-refractivity contribution in [3.8, 4) is 6.07 Å². The fourth-order valence-electron chi connectivity index (χ4n) is 2.21. The summed E-state index contributed by atoms with van der Waals surface area (Å²) in [6, 6.07) is 6.69. The maximum atomic E-state index is 12.9. The van der Waals surface area contributed by atoms with Crippen LogP contribution in [0, 0.1) is 17.2 Å². The molecule has 1 atom stereocenters. The largest absolute Gasteiger partial charge is 0.418 e.